The molecule has 72 valence electrons. The van der Waals surface area contributed by atoms with Crippen molar-refractivity contribution in [3.05, 3.63) is 24.8 Å². The lowest BCUT2D eigenvalue weighted by Crippen LogP contribution is -2.29. The first-order valence-corrected chi connectivity index (χ1v) is 3.48. The molecule has 0 saturated heterocycles. The number of hydrogen-bond acceptors (Lipinski definition) is 7. The molecule has 0 bridgehead atoms. The van der Waals surface area contributed by atoms with E-state index >= 15 is 0 Å². The highest BCUT2D eigenvalue weighted by molar-refractivity contribution is 5.60. The molecule has 0 aromatic carbocycles. The van der Waals surface area contributed by atoms with Crippen LogP contribution < -0.4 is 9.68 Å². The molecule has 9 nitrogen and oxygen atoms in total. The third-order valence-corrected chi connectivity index (χ3v) is 1.14. The van der Waals surface area contributed by atoms with E-state index in [4.69, 9.17) is 0 Å². The highest BCUT2D eigenvalue weighted by Crippen LogP contribution is 1.80. The fourth-order valence-corrected chi connectivity index (χ4v) is 0.662. The quantitative estimate of drug-likeness (QED) is 0.541. The van der Waals surface area contributed by atoms with Gasteiger partial charge in [-0.2, -0.15) is 4.79 Å². The maximum Gasteiger partial charge on any atom is 0.562 e. The summed E-state index contributed by atoms with van der Waals surface area (Å²) in [7, 11) is 0. The van der Waals surface area contributed by atoms with Crippen molar-refractivity contribution in [2.75, 3.05) is 0 Å². The Morgan fingerprint density at radius 3 is 1.86 bits per heavy atom. The van der Waals surface area contributed by atoms with Gasteiger partial charge in [-0.1, -0.05) is 9.69 Å². The standard InChI is InChI=1S/C5H4N6O3/c12-5(13-10-3-1-6-8-10)14-11-4-2-7-9-11/h1-4H. The van der Waals surface area contributed by atoms with Crippen LogP contribution in [0.15, 0.2) is 24.8 Å². The Balaban J connectivity index is 1.91. The average molecular weight is 196 g/mol. The van der Waals surface area contributed by atoms with E-state index in [0.29, 0.717) is 0 Å². The molecule has 0 aliphatic rings. The molecule has 14 heavy (non-hydrogen) atoms. The van der Waals surface area contributed by atoms with Crippen LogP contribution in [0.3, 0.4) is 0 Å². The third-order valence-electron chi connectivity index (χ3n) is 1.14. The number of aromatic nitrogens is 6. The van der Waals surface area contributed by atoms with E-state index in [1.807, 2.05) is 0 Å². The van der Waals surface area contributed by atoms with Gasteiger partial charge in [0.25, 0.3) is 0 Å². The molecule has 0 unspecified atom stereocenters. The van der Waals surface area contributed by atoms with Gasteiger partial charge in [0, 0.05) is 0 Å². The van der Waals surface area contributed by atoms with Crippen LogP contribution >= 0.6 is 0 Å². The van der Waals surface area contributed by atoms with Gasteiger partial charge < -0.3 is 0 Å². The molecule has 0 aliphatic heterocycles. The van der Waals surface area contributed by atoms with Gasteiger partial charge in [0.2, 0.25) is 0 Å². The Morgan fingerprint density at radius 1 is 1.00 bits per heavy atom. The zero-order valence-electron chi connectivity index (χ0n) is 6.72. The molecule has 0 aliphatic carbocycles. The maximum atomic E-state index is 11.0. The molecule has 0 amide bonds. The maximum absolute atomic E-state index is 11.0. The number of nitrogens with zero attached hydrogens (tertiary/aromatic N) is 6. The van der Waals surface area contributed by atoms with Crippen molar-refractivity contribution >= 4 is 6.16 Å². The molecule has 0 N–H and O–H groups in total. The molecule has 0 saturated carbocycles. The molecule has 2 aromatic rings. The molecule has 2 heterocycles. The van der Waals surface area contributed by atoms with Crippen molar-refractivity contribution in [3.63, 3.8) is 0 Å². The minimum atomic E-state index is -0.999. The van der Waals surface area contributed by atoms with Crippen LogP contribution in [-0.2, 0) is 0 Å². The Morgan fingerprint density at radius 2 is 1.50 bits per heavy atom. The molecular weight excluding hydrogens is 192 g/mol. The van der Waals surface area contributed by atoms with Crippen molar-refractivity contribution in [1.82, 2.24) is 30.3 Å². The zero-order valence-corrected chi connectivity index (χ0v) is 6.72. The van der Waals surface area contributed by atoms with Gasteiger partial charge in [-0.05, 0) is 10.4 Å². The molecule has 2 aromatic heterocycles. The number of rotatable bonds is 2. The minimum Gasteiger partial charge on any atom is -0.280 e. The van der Waals surface area contributed by atoms with E-state index in [9.17, 15) is 4.79 Å². The largest absolute Gasteiger partial charge is 0.562 e. The van der Waals surface area contributed by atoms with E-state index < -0.39 is 6.16 Å². The monoisotopic (exact) mass is 196 g/mol. The van der Waals surface area contributed by atoms with Crippen LogP contribution in [-0.4, -0.2) is 36.5 Å². The van der Waals surface area contributed by atoms with Gasteiger partial charge >= 0.3 is 6.16 Å². The summed E-state index contributed by atoms with van der Waals surface area (Å²) >= 11 is 0. The number of carbonyl (C=O) groups is 1. The lowest BCUT2D eigenvalue weighted by molar-refractivity contribution is 0.0195. The second kappa shape index (κ2) is 3.51. The van der Waals surface area contributed by atoms with Gasteiger partial charge in [0.1, 0.15) is 0 Å². The van der Waals surface area contributed by atoms with Gasteiger partial charge in [0.15, 0.2) is 0 Å². The van der Waals surface area contributed by atoms with Crippen LogP contribution in [0.4, 0.5) is 4.79 Å². The predicted octanol–water partition coefficient (Wildman–Crippen LogP) is -1.45. The van der Waals surface area contributed by atoms with Gasteiger partial charge in [-0.25, -0.2) is 0 Å². The Hall–Kier alpha value is -2.45. The molecule has 2 rings (SSSR count). The summed E-state index contributed by atoms with van der Waals surface area (Å²) in [6.45, 7) is 0. The Labute approximate surface area is 76.7 Å². The summed E-state index contributed by atoms with van der Waals surface area (Å²) in [5.74, 6) is 0. The lowest BCUT2D eigenvalue weighted by Gasteiger charge is -2.00. The second-order valence-corrected chi connectivity index (χ2v) is 2.04. The molecule has 0 atom stereocenters. The third kappa shape index (κ3) is 1.83. The van der Waals surface area contributed by atoms with Crippen molar-refractivity contribution in [2.45, 2.75) is 0 Å². The topological polar surface area (TPSA) is 97.0 Å². The van der Waals surface area contributed by atoms with Crippen LogP contribution in [0.1, 0.15) is 0 Å². The van der Waals surface area contributed by atoms with E-state index in [1.54, 1.807) is 0 Å². The summed E-state index contributed by atoms with van der Waals surface area (Å²) in [6, 6.07) is 0. The van der Waals surface area contributed by atoms with Crippen LogP contribution in [0, 0.1) is 0 Å². The average Bonchev–Trinajstić information content (AvgIpc) is 2.76. The highest BCUT2D eigenvalue weighted by Gasteiger charge is 2.08. The van der Waals surface area contributed by atoms with E-state index in [2.05, 4.69) is 30.3 Å². The van der Waals surface area contributed by atoms with Crippen molar-refractivity contribution in [1.29, 1.82) is 0 Å². The first-order chi connectivity index (χ1) is 6.84. The van der Waals surface area contributed by atoms with Crippen LogP contribution in [0.25, 0.3) is 0 Å². The van der Waals surface area contributed by atoms with Crippen LogP contribution in [0.2, 0.25) is 0 Å². The fourth-order valence-electron chi connectivity index (χ4n) is 0.662. The summed E-state index contributed by atoms with van der Waals surface area (Å²) in [6.07, 6.45) is 4.37. The van der Waals surface area contributed by atoms with Crippen molar-refractivity contribution in [2.24, 2.45) is 0 Å². The number of carbonyl (C=O) groups excluding carboxylic acids is 1. The smallest absolute Gasteiger partial charge is 0.280 e. The molecule has 0 radical (unpaired) electrons. The fraction of sp³-hybridized carbons (Fsp3) is 0. The summed E-state index contributed by atoms with van der Waals surface area (Å²) in [5, 5.41) is 13.6. The minimum absolute atomic E-state index is 0.846. The van der Waals surface area contributed by atoms with Gasteiger partial charge in [-0.15, -0.1) is 10.2 Å². The molecule has 9 heteroatoms. The molecular formula is C5H4N6O3. The molecule has 0 fully saturated rings. The SMILES string of the molecule is O=C(On1ccnn1)On1ccnn1. The van der Waals surface area contributed by atoms with E-state index in [0.717, 1.165) is 9.69 Å². The lowest BCUT2D eigenvalue weighted by atomic mass is 11.0. The van der Waals surface area contributed by atoms with Crippen molar-refractivity contribution in [3.8, 4) is 0 Å². The first kappa shape index (κ1) is 8.16. The summed E-state index contributed by atoms with van der Waals surface area (Å²) in [4.78, 5) is 21.7. The Kier molecular flexibility index (Phi) is 2.05. The predicted molar refractivity (Wildman–Crippen MR) is 38.6 cm³/mol. The van der Waals surface area contributed by atoms with Crippen molar-refractivity contribution < 1.29 is 14.5 Å². The van der Waals surface area contributed by atoms with E-state index in [1.165, 1.54) is 24.8 Å². The van der Waals surface area contributed by atoms with Gasteiger partial charge in [-0.3, -0.25) is 9.68 Å². The second-order valence-electron chi connectivity index (χ2n) is 2.04. The van der Waals surface area contributed by atoms with Gasteiger partial charge in [0.05, 0.1) is 24.8 Å². The van der Waals surface area contributed by atoms with E-state index in [-0.39, 0.29) is 0 Å². The summed E-state index contributed by atoms with van der Waals surface area (Å²) < 4.78 is 0. The summed E-state index contributed by atoms with van der Waals surface area (Å²) in [5.41, 5.74) is 0. The number of hydrogen-bond donors (Lipinski definition) is 0. The zero-order chi connectivity index (χ0) is 9.80. The van der Waals surface area contributed by atoms with Crippen LogP contribution in [0.5, 0.6) is 0 Å². The normalized spacial score (nSPS) is 9.71. The Bertz CT molecular complexity index is 357. The molecule has 0 spiro atoms. The highest BCUT2D eigenvalue weighted by atomic mass is 16.9. The first-order valence-electron chi connectivity index (χ1n) is 3.48.